The highest BCUT2D eigenvalue weighted by molar-refractivity contribution is 7.92. The maximum absolute atomic E-state index is 12.8. The van der Waals surface area contributed by atoms with E-state index in [1.54, 1.807) is 43.4 Å². The van der Waals surface area contributed by atoms with Crippen molar-refractivity contribution >= 4 is 33.2 Å². The number of anilines is 1. The normalized spacial score (nSPS) is 11.2. The molecule has 0 spiro atoms. The second-order valence-corrected chi connectivity index (χ2v) is 7.71. The molecule has 0 aliphatic carbocycles. The summed E-state index contributed by atoms with van der Waals surface area (Å²) in [5.74, 6) is -0.222. The maximum Gasteiger partial charge on any atom is 0.264 e. The van der Waals surface area contributed by atoms with Crippen LogP contribution in [0.15, 0.2) is 53.4 Å². The summed E-state index contributed by atoms with van der Waals surface area (Å²) in [4.78, 5) is 13.8. The molecule has 0 atom stereocenters. The van der Waals surface area contributed by atoms with E-state index in [1.807, 2.05) is 6.92 Å². The number of carbonyl (C=O) groups excluding carboxylic acids is 1. The average Bonchev–Trinajstić information content (AvgIpc) is 2.59. The summed E-state index contributed by atoms with van der Waals surface area (Å²) in [5.41, 5.74) is 0.782. The van der Waals surface area contributed by atoms with Gasteiger partial charge in [0.15, 0.2) is 0 Å². The van der Waals surface area contributed by atoms with Crippen LogP contribution in [0, 0.1) is 0 Å². The van der Waals surface area contributed by atoms with E-state index in [-0.39, 0.29) is 10.8 Å². The number of carbonyl (C=O) groups is 1. The third-order valence-electron chi connectivity index (χ3n) is 3.73. The highest BCUT2D eigenvalue weighted by Gasteiger charge is 2.23. The van der Waals surface area contributed by atoms with Crippen molar-refractivity contribution in [3.8, 4) is 0 Å². The van der Waals surface area contributed by atoms with Crippen LogP contribution in [-0.4, -0.2) is 39.9 Å². The molecule has 2 rings (SSSR count). The van der Waals surface area contributed by atoms with Gasteiger partial charge in [0.1, 0.15) is 0 Å². The van der Waals surface area contributed by atoms with Gasteiger partial charge in [-0.15, -0.1) is 0 Å². The van der Waals surface area contributed by atoms with Crippen molar-refractivity contribution in [2.24, 2.45) is 0 Å². The number of hydrogen-bond acceptors (Lipinski definition) is 3. The number of rotatable bonds is 5. The predicted octanol–water partition coefficient (Wildman–Crippen LogP) is 3.26. The van der Waals surface area contributed by atoms with Crippen LogP contribution >= 0.6 is 11.6 Å². The Labute approximate surface area is 147 Å². The Bertz CT molecular complexity index is 852. The first-order valence-electron chi connectivity index (χ1n) is 7.37. The summed E-state index contributed by atoms with van der Waals surface area (Å²) >= 11 is 5.93. The number of sulfonamides is 1. The molecule has 7 heteroatoms. The first-order chi connectivity index (χ1) is 11.3. The number of halogens is 1. The summed E-state index contributed by atoms with van der Waals surface area (Å²) in [6, 6.07) is 12.6. The Kier molecular flexibility index (Phi) is 5.51. The number of amides is 1. The minimum atomic E-state index is -3.79. The molecule has 0 N–H and O–H groups in total. The molecule has 0 saturated heterocycles. The minimum absolute atomic E-state index is 0.0559. The molecule has 0 aliphatic heterocycles. The van der Waals surface area contributed by atoms with E-state index in [1.165, 1.54) is 24.1 Å². The van der Waals surface area contributed by atoms with Crippen molar-refractivity contribution in [3.63, 3.8) is 0 Å². The summed E-state index contributed by atoms with van der Waals surface area (Å²) in [6.07, 6.45) is 0. The number of nitrogens with zero attached hydrogens (tertiary/aromatic N) is 2. The molecule has 0 heterocycles. The fourth-order valence-electron chi connectivity index (χ4n) is 2.12. The average molecular weight is 367 g/mol. The van der Waals surface area contributed by atoms with Crippen LogP contribution in [0.5, 0.6) is 0 Å². The van der Waals surface area contributed by atoms with Crippen LogP contribution in [0.1, 0.15) is 17.3 Å². The summed E-state index contributed by atoms with van der Waals surface area (Å²) in [6.45, 7) is 2.39. The molecular formula is C17H19ClN2O3S. The smallest absolute Gasteiger partial charge is 0.264 e. The largest absolute Gasteiger partial charge is 0.342 e. The van der Waals surface area contributed by atoms with Gasteiger partial charge in [-0.1, -0.05) is 23.7 Å². The third kappa shape index (κ3) is 3.71. The van der Waals surface area contributed by atoms with E-state index in [2.05, 4.69) is 0 Å². The van der Waals surface area contributed by atoms with E-state index < -0.39 is 10.0 Å². The van der Waals surface area contributed by atoms with Gasteiger partial charge in [0, 0.05) is 31.2 Å². The lowest BCUT2D eigenvalue weighted by Gasteiger charge is -2.20. The Hall–Kier alpha value is -2.05. The zero-order chi connectivity index (χ0) is 17.9. The summed E-state index contributed by atoms with van der Waals surface area (Å²) in [5, 5.41) is 0.447. The summed E-state index contributed by atoms with van der Waals surface area (Å²) in [7, 11) is -0.673. The van der Waals surface area contributed by atoms with Crippen molar-refractivity contribution in [2.75, 3.05) is 24.9 Å². The highest BCUT2D eigenvalue weighted by atomic mass is 35.5. The van der Waals surface area contributed by atoms with Gasteiger partial charge in [0.2, 0.25) is 0 Å². The fraction of sp³-hybridized carbons (Fsp3) is 0.235. The molecule has 1 amide bonds. The van der Waals surface area contributed by atoms with Crippen LogP contribution in [0.4, 0.5) is 5.69 Å². The molecule has 0 saturated carbocycles. The molecule has 128 valence electrons. The lowest BCUT2D eigenvalue weighted by molar-refractivity contribution is 0.0802. The van der Waals surface area contributed by atoms with Crippen molar-refractivity contribution in [3.05, 3.63) is 59.1 Å². The quantitative estimate of drug-likeness (QED) is 0.816. The van der Waals surface area contributed by atoms with Crippen LogP contribution in [-0.2, 0) is 10.0 Å². The lowest BCUT2D eigenvalue weighted by atomic mass is 10.2. The van der Waals surface area contributed by atoms with E-state index >= 15 is 0 Å². The van der Waals surface area contributed by atoms with Crippen molar-refractivity contribution in [1.82, 2.24) is 4.90 Å². The molecule has 0 aliphatic rings. The second kappa shape index (κ2) is 7.23. The van der Waals surface area contributed by atoms with Gasteiger partial charge in [-0.3, -0.25) is 9.10 Å². The predicted molar refractivity (Wildman–Crippen MR) is 96.1 cm³/mol. The van der Waals surface area contributed by atoms with Crippen LogP contribution in [0.2, 0.25) is 5.02 Å². The zero-order valence-electron chi connectivity index (χ0n) is 13.7. The summed E-state index contributed by atoms with van der Waals surface area (Å²) < 4.78 is 26.8. The SMILES string of the molecule is CCN(C)C(=O)c1cccc(S(=O)(=O)N(C)c2cccc(Cl)c2)c1. The third-order valence-corrected chi connectivity index (χ3v) is 5.75. The minimum Gasteiger partial charge on any atom is -0.342 e. The van der Waals surface area contributed by atoms with Crippen molar-refractivity contribution in [2.45, 2.75) is 11.8 Å². The van der Waals surface area contributed by atoms with E-state index in [9.17, 15) is 13.2 Å². The molecule has 0 bridgehead atoms. The van der Waals surface area contributed by atoms with Crippen LogP contribution < -0.4 is 4.31 Å². The van der Waals surface area contributed by atoms with Gasteiger partial charge in [-0.25, -0.2) is 8.42 Å². The standard InChI is InChI=1S/C17H19ClN2O3S/c1-4-19(2)17(21)13-7-5-10-16(11-13)24(22,23)20(3)15-9-6-8-14(18)12-15/h5-12H,4H2,1-3H3. The Morgan fingerprint density at radius 2 is 1.75 bits per heavy atom. The van der Waals surface area contributed by atoms with E-state index in [0.29, 0.717) is 22.8 Å². The topological polar surface area (TPSA) is 57.7 Å². The Morgan fingerprint density at radius 3 is 2.38 bits per heavy atom. The van der Waals surface area contributed by atoms with Crippen molar-refractivity contribution < 1.29 is 13.2 Å². The van der Waals surface area contributed by atoms with Crippen LogP contribution in [0.25, 0.3) is 0 Å². The fourth-order valence-corrected chi connectivity index (χ4v) is 3.54. The van der Waals surface area contributed by atoms with Crippen molar-refractivity contribution in [1.29, 1.82) is 0 Å². The van der Waals surface area contributed by atoms with Gasteiger partial charge in [-0.05, 0) is 43.3 Å². The Balaban J connectivity index is 2.41. The van der Waals surface area contributed by atoms with Gasteiger partial charge in [0.05, 0.1) is 10.6 Å². The van der Waals surface area contributed by atoms with Crippen LogP contribution in [0.3, 0.4) is 0 Å². The molecule has 2 aromatic rings. The molecule has 5 nitrogen and oxygen atoms in total. The molecule has 0 aromatic heterocycles. The Morgan fingerprint density at radius 1 is 1.08 bits per heavy atom. The monoisotopic (exact) mass is 366 g/mol. The van der Waals surface area contributed by atoms with Gasteiger partial charge in [0.25, 0.3) is 15.9 Å². The van der Waals surface area contributed by atoms with E-state index in [0.717, 1.165) is 4.31 Å². The van der Waals surface area contributed by atoms with Gasteiger partial charge in [-0.2, -0.15) is 0 Å². The second-order valence-electron chi connectivity index (χ2n) is 5.30. The molecule has 0 radical (unpaired) electrons. The van der Waals surface area contributed by atoms with Gasteiger partial charge < -0.3 is 4.90 Å². The first-order valence-corrected chi connectivity index (χ1v) is 9.19. The maximum atomic E-state index is 12.8. The molecule has 2 aromatic carbocycles. The number of hydrogen-bond donors (Lipinski definition) is 0. The molecule has 0 fully saturated rings. The van der Waals surface area contributed by atoms with Gasteiger partial charge >= 0.3 is 0 Å². The number of benzene rings is 2. The molecule has 24 heavy (non-hydrogen) atoms. The molecular weight excluding hydrogens is 348 g/mol. The molecule has 0 unspecified atom stereocenters. The highest BCUT2D eigenvalue weighted by Crippen LogP contribution is 2.25. The zero-order valence-corrected chi connectivity index (χ0v) is 15.3. The first kappa shape index (κ1) is 18.3. The van der Waals surface area contributed by atoms with E-state index in [4.69, 9.17) is 11.6 Å². The lowest BCUT2D eigenvalue weighted by Crippen LogP contribution is -2.28.